The molecule has 0 bridgehead atoms. The van der Waals surface area contributed by atoms with Gasteiger partial charge in [0.2, 0.25) is 0 Å². The summed E-state index contributed by atoms with van der Waals surface area (Å²) in [5, 5.41) is 14.2. The third kappa shape index (κ3) is 3.05. The summed E-state index contributed by atoms with van der Waals surface area (Å²) in [7, 11) is 1.68. The van der Waals surface area contributed by atoms with Crippen molar-refractivity contribution in [3.8, 4) is 0 Å². The lowest BCUT2D eigenvalue weighted by Gasteiger charge is -2.04. The van der Waals surface area contributed by atoms with E-state index in [1.54, 1.807) is 19.2 Å². The van der Waals surface area contributed by atoms with Gasteiger partial charge in [0.25, 0.3) is 5.69 Å². The second kappa shape index (κ2) is 5.93. The Kier molecular flexibility index (Phi) is 4.28. The summed E-state index contributed by atoms with van der Waals surface area (Å²) < 4.78 is 4.95. The van der Waals surface area contributed by atoms with Crippen molar-refractivity contribution in [2.24, 2.45) is 5.92 Å². The number of ether oxygens (including phenoxy) is 1. The van der Waals surface area contributed by atoms with E-state index in [2.05, 4.69) is 5.32 Å². The van der Waals surface area contributed by atoms with Gasteiger partial charge in [-0.15, -0.1) is 0 Å². The summed E-state index contributed by atoms with van der Waals surface area (Å²) in [6.07, 6.45) is 1.03. The first-order chi connectivity index (χ1) is 8.74. The van der Waals surface area contributed by atoms with Gasteiger partial charge >= 0.3 is 0 Å². The van der Waals surface area contributed by atoms with Gasteiger partial charge in [-0.2, -0.15) is 0 Å². The van der Waals surface area contributed by atoms with Gasteiger partial charge in [0.15, 0.2) is 0 Å². The topological polar surface area (TPSA) is 64.4 Å². The van der Waals surface area contributed by atoms with Crippen LogP contribution in [0.4, 0.5) is 5.69 Å². The minimum atomic E-state index is -0.289. The maximum absolute atomic E-state index is 10.9. The van der Waals surface area contributed by atoms with Gasteiger partial charge in [-0.1, -0.05) is 18.2 Å². The quantitative estimate of drug-likeness (QED) is 0.456. The SMILES string of the molecule is COCCNCC1CC1c1ccccc1[N+](=O)[O-]. The first-order valence-electron chi connectivity index (χ1n) is 6.17. The molecule has 0 radical (unpaired) electrons. The molecule has 2 unspecified atom stereocenters. The van der Waals surface area contributed by atoms with Crippen LogP contribution < -0.4 is 5.32 Å². The zero-order chi connectivity index (χ0) is 13.0. The Morgan fingerprint density at radius 3 is 3.00 bits per heavy atom. The van der Waals surface area contributed by atoms with Crippen molar-refractivity contribution in [3.63, 3.8) is 0 Å². The van der Waals surface area contributed by atoms with Crippen LogP contribution in [0.15, 0.2) is 24.3 Å². The summed E-state index contributed by atoms with van der Waals surface area (Å²) in [5.41, 5.74) is 1.13. The highest BCUT2D eigenvalue weighted by molar-refractivity contribution is 5.45. The molecule has 0 amide bonds. The predicted molar refractivity (Wildman–Crippen MR) is 68.7 cm³/mol. The lowest BCUT2D eigenvalue weighted by molar-refractivity contribution is -0.385. The van der Waals surface area contributed by atoms with E-state index in [-0.39, 0.29) is 10.6 Å². The van der Waals surface area contributed by atoms with Crippen LogP contribution in [0.3, 0.4) is 0 Å². The molecule has 1 N–H and O–H groups in total. The Labute approximate surface area is 106 Å². The number of methoxy groups -OCH3 is 1. The third-order valence-corrected chi connectivity index (χ3v) is 3.35. The molecule has 98 valence electrons. The monoisotopic (exact) mass is 250 g/mol. The van der Waals surface area contributed by atoms with Crippen LogP contribution in [-0.4, -0.2) is 31.7 Å². The number of benzene rings is 1. The Morgan fingerprint density at radius 2 is 2.28 bits per heavy atom. The molecule has 1 fully saturated rings. The Bertz CT molecular complexity index is 422. The highest BCUT2D eigenvalue weighted by Crippen LogP contribution is 2.49. The van der Waals surface area contributed by atoms with Crippen molar-refractivity contribution in [1.82, 2.24) is 5.32 Å². The van der Waals surface area contributed by atoms with Crippen LogP contribution in [-0.2, 0) is 4.74 Å². The summed E-state index contributed by atoms with van der Waals surface area (Å²) in [5.74, 6) is 0.851. The van der Waals surface area contributed by atoms with Crippen LogP contribution in [0.2, 0.25) is 0 Å². The van der Waals surface area contributed by atoms with Crippen molar-refractivity contribution in [2.75, 3.05) is 26.8 Å². The summed E-state index contributed by atoms with van der Waals surface area (Å²) in [6, 6.07) is 7.05. The van der Waals surface area contributed by atoms with Gasteiger partial charge in [-0.25, -0.2) is 0 Å². The molecule has 1 saturated carbocycles. The van der Waals surface area contributed by atoms with Crippen LogP contribution in [0.1, 0.15) is 17.9 Å². The van der Waals surface area contributed by atoms with Crippen LogP contribution in [0.25, 0.3) is 0 Å². The van der Waals surface area contributed by atoms with E-state index in [4.69, 9.17) is 4.74 Å². The molecule has 18 heavy (non-hydrogen) atoms. The van der Waals surface area contributed by atoms with Crippen LogP contribution in [0.5, 0.6) is 0 Å². The third-order valence-electron chi connectivity index (χ3n) is 3.35. The van der Waals surface area contributed by atoms with Gasteiger partial charge in [-0.3, -0.25) is 10.1 Å². The Balaban J connectivity index is 1.89. The number of nitrogens with one attached hydrogen (secondary N) is 1. The van der Waals surface area contributed by atoms with Gasteiger partial charge in [0, 0.05) is 25.3 Å². The van der Waals surface area contributed by atoms with E-state index in [1.165, 1.54) is 0 Å². The molecule has 0 aliphatic heterocycles. The molecule has 1 aliphatic rings. The predicted octanol–water partition coefficient (Wildman–Crippen LogP) is 1.93. The van der Waals surface area contributed by atoms with E-state index >= 15 is 0 Å². The minimum absolute atomic E-state index is 0.252. The molecular formula is C13H18N2O3. The molecule has 2 rings (SSSR count). The number of nitrogens with zero attached hydrogens (tertiary/aromatic N) is 1. The largest absolute Gasteiger partial charge is 0.383 e. The molecule has 1 aliphatic carbocycles. The number of nitro groups is 1. The molecule has 1 aromatic rings. The summed E-state index contributed by atoms with van der Waals surface area (Å²) in [4.78, 5) is 10.6. The second-order valence-corrected chi connectivity index (χ2v) is 4.62. The highest BCUT2D eigenvalue weighted by atomic mass is 16.6. The number of rotatable bonds is 7. The van der Waals surface area contributed by atoms with Crippen molar-refractivity contribution >= 4 is 5.69 Å². The molecule has 0 spiro atoms. The first-order valence-corrected chi connectivity index (χ1v) is 6.17. The van der Waals surface area contributed by atoms with Crippen LogP contribution >= 0.6 is 0 Å². The molecule has 5 heteroatoms. The molecule has 1 aromatic carbocycles. The summed E-state index contributed by atoms with van der Waals surface area (Å²) in [6.45, 7) is 2.43. The lowest BCUT2D eigenvalue weighted by Crippen LogP contribution is -2.21. The van der Waals surface area contributed by atoms with E-state index in [1.807, 2.05) is 12.1 Å². The average molecular weight is 250 g/mol. The zero-order valence-electron chi connectivity index (χ0n) is 10.5. The minimum Gasteiger partial charge on any atom is -0.383 e. The fourth-order valence-corrected chi connectivity index (χ4v) is 2.28. The number of para-hydroxylation sites is 1. The van der Waals surface area contributed by atoms with Crippen molar-refractivity contribution in [2.45, 2.75) is 12.3 Å². The van der Waals surface area contributed by atoms with Gasteiger partial charge in [0.1, 0.15) is 0 Å². The van der Waals surface area contributed by atoms with Crippen molar-refractivity contribution < 1.29 is 9.66 Å². The molecule has 0 saturated heterocycles. The maximum atomic E-state index is 10.9. The van der Waals surface area contributed by atoms with E-state index < -0.39 is 0 Å². The smallest absolute Gasteiger partial charge is 0.272 e. The van der Waals surface area contributed by atoms with E-state index in [9.17, 15) is 10.1 Å². The fourth-order valence-electron chi connectivity index (χ4n) is 2.28. The lowest BCUT2D eigenvalue weighted by atomic mass is 10.1. The molecule has 0 heterocycles. The maximum Gasteiger partial charge on any atom is 0.272 e. The fraction of sp³-hybridized carbons (Fsp3) is 0.538. The van der Waals surface area contributed by atoms with Crippen molar-refractivity contribution in [1.29, 1.82) is 0 Å². The van der Waals surface area contributed by atoms with Gasteiger partial charge in [0.05, 0.1) is 11.5 Å². The number of nitro benzene ring substituents is 1. The Hall–Kier alpha value is -1.46. The molecule has 2 atom stereocenters. The summed E-state index contributed by atoms with van der Waals surface area (Å²) >= 11 is 0. The number of hydrogen-bond acceptors (Lipinski definition) is 4. The molecule has 5 nitrogen and oxygen atoms in total. The first kappa shape index (κ1) is 13.0. The Morgan fingerprint density at radius 1 is 1.50 bits per heavy atom. The van der Waals surface area contributed by atoms with E-state index in [0.717, 1.165) is 25.1 Å². The second-order valence-electron chi connectivity index (χ2n) is 4.62. The standard InChI is InChI=1S/C13H18N2O3/c1-18-7-6-14-9-10-8-12(10)11-4-2-3-5-13(11)15(16)17/h2-5,10,12,14H,6-9H2,1H3. The van der Waals surface area contributed by atoms with E-state index in [0.29, 0.717) is 18.4 Å². The van der Waals surface area contributed by atoms with Crippen molar-refractivity contribution in [3.05, 3.63) is 39.9 Å². The van der Waals surface area contributed by atoms with Gasteiger partial charge in [-0.05, 0) is 24.8 Å². The zero-order valence-corrected chi connectivity index (χ0v) is 10.5. The number of hydrogen-bond donors (Lipinski definition) is 1. The molecule has 0 aromatic heterocycles. The normalized spacial score (nSPS) is 21.8. The van der Waals surface area contributed by atoms with Gasteiger partial charge < -0.3 is 10.1 Å². The highest BCUT2D eigenvalue weighted by Gasteiger charge is 2.41. The molecular weight excluding hydrogens is 232 g/mol. The average Bonchev–Trinajstić information content (AvgIpc) is 3.14. The van der Waals surface area contributed by atoms with Crippen LogP contribution in [0, 0.1) is 16.0 Å².